The molecule has 0 aromatic rings. The average molecular weight is 196 g/mol. The zero-order valence-electron chi connectivity index (χ0n) is 8.91. The van der Waals surface area contributed by atoms with Crippen LogP contribution in [0.25, 0.3) is 0 Å². The molecule has 0 aliphatic heterocycles. The third kappa shape index (κ3) is 1.67. The molecule has 0 heterocycles. The van der Waals surface area contributed by atoms with E-state index in [0.29, 0.717) is 11.8 Å². The Morgan fingerprint density at radius 2 is 1.86 bits per heavy atom. The third-order valence-corrected chi connectivity index (χ3v) is 4.32. The Morgan fingerprint density at radius 1 is 1.14 bits per heavy atom. The van der Waals surface area contributed by atoms with Gasteiger partial charge in [0.25, 0.3) is 0 Å². The number of fused-ring (bicyclic) bond motifs is 1. The summed E-state index contributed by atoms with van der Waals surface area (Å²) < 4.78 is 0. The third-order valence-electron chi connectivity index (χ3n) is 4.32. The van der Waals surface area contributed by atoms with Gasteiger partial charge in [-0.15, -0.1) is 0 Å². The van der Waals surface area contributed by atoms with Gasteiger partial charge in [-0.3, -0.25) is 4.79 Å². The fraction of sp³-hybridized carbons (Fsp3) is 0.917. The Balaban J connectivity index is 2.13. The van der Waals surface area contributed by atoms with E-state index in [4.69, 9.17) is 0 Å². The molecule has 1 N–H and O–H groups in total. The summed E-state index contributed by atoms with van der Waals surface area (Å²) >= 11 is 0. The first kappa shape index (κ1) is 10.0. The second kappa shape index (κ2) is 3.92. The van der Waals surface area contributed by atoms with Crippen LogP contribution in [0.4, 0.5) is 0 Å². The highest BCUT2D eigenvalue weighted by molar-refractivity contribution is 5.71. The molecule has 0 bridgehead atoms. The largest absolute Gasteiger partial charge is 0.481 e. The number of carboxylic acids is 1. The number of carboxylic acid groups (broad SMARTS) is 1. The Bertz CT molecular complexity index is 224. The second-order valence-corrected chi connectivity index (χ2v) is 5.13. The van der Waals surface area contributed by atoms with Gasteiger partial charge in [-0.1, -0.05) is 26.2 Å². The maximum atomic E-state index is 11.2. The fourth-order valence-electron chi connectivity index (χ4n) is 3.57. The molecule has 0 radical (unpaired) electrons. The molecular weight excluding hydrogens is 176 g/mol. The first-order chi connectivity index (χ1) is 6.70. The summed E-state index contributed by atoms with van der Waals surface area (Å²) in [5, 5.41) is 9.25. The highest BCUT2D eigenvalue weighted by Crippen LogP contribution is 2.46. The molecule has 14 heavy (non-hydrogen) atoms. The van der Waals surface area contributed by atoms with Gasteiger partial charge in [-0.2, -0.15) is 0 Å². The summed E-state index contributed by atoms with van der Waals surface area (Å²) in [4.78, 5) is 11.2. The van der Waals surface area contributed by atoms with Gasteiger partial charge in [0.1, 0.15) is 0 Å². The van der Waals surface area contributed by atoms with Crippen LogP contribution < -0.4 is 0 Å². The van der Waals surface area contributed by atoms with Crippen molar-refractivity contribution in [2.75, 3.05) is 0 Å². The number of rotatable bonds is 1. The topological polar surface area (TPSA) is 37.3 Å². The van der Waals surface area contributed by atoms with Crippen molar-refractivity contribution in [3.05, 3.63) is 0 Å². The molecule has 2 saturated carbocycles. The first-order valence-electron chi connectivity index (χ1n) is 5.93. The summed E-state index contributed by atoms with van der Waals surface area (Å²) in [6.07, 6.45) is 7.40. The summed E-state index contributed by atoms with van der Waals surface area (Å²) in [7, 11) is 0. The van der Waals surface area contributed by atoms with E-state index in [0.717, 1.165) is 18.8 Å². The molecule has 0 spiro atoms. The van der Waals surface area contributed by atoms with E-state index in [9.17, 15) is 9.90 Å². The van der Waals surface area contributed by atoms with Crippen LogP contribution in [0.3, 0.4) is 0 Å². The Hall–Kier alpha value is -0.530. The molecule has 0 saturated heterocycles. The molecule has 2 fully saturated rings. The predicted molar refractivity (Wildman–Crippen MR) is 55.0 cm³/mol. The van der Waals surface area contributed by atoms with Crippen LogP contribution in [0.2, 0.25) is 0 Å². The lowest BCUT2D eigenvalue weighted by Crippen LogP contribution is -2.39. The normalized spacial score (nSPS) is 42.9. The van der Waals surface area contributed by atoms with Crippen molar-refractivity contribution in [1.29, 1.82) is 0 Å². The van der Waals surface area contributed by atoms with Crippen molar-refractivity contribution < 1.29 is 9.90 Å². The molecule has 80 valence electrons. The fourth-order valence-corrected chi connectivity index (χ4v) is 3.57. The molecule has 2 rings (SSSR count). The lowest BCUT2D eigenvalue weighted by molar-refractivity contribution is -0.149. The monoisotopic (exact) mass is 196 g/mol. The van der Waals surface area contributed by atoms with E-state index in [1.807, 2.05) is 0 Å². The maximum Gasteiger partial charge on any atom is 0.307 e. The molecule has 0 amide bonds. The SMILES string of the molecule is CC1CCC2CCCCC2C1C(=O)O. The maximum absolute atomic E-state index is 11.2. The molecule has 4 unspecified atom stereocenters. The lowest BCUT2D eigenvalue weighted by atomic mass is 9.62. The van der Waals surface area contributed by atoms with Gasteiger partial charge < -0.3 is 5.11 Å². The summed E-state index contributed by atoms with van der Waals surface area (Å²) in [6.45, 7) is 2.11. The summed E-state index contributed by atoms with van der Waals surface area (Å²) in [5.74, 6) is 1.01. The first-order valence-corrected chi connectivity index (χ1v) is 5.93. The second-order valence-electron chi connectivity index (χ2n) is 5.13. The van der Waals surface area contributed by atoms with Crippen LogP contribution in [0, 0.1) is 23.7 Å². The highest BCUT2D eigenvalue weighted by Gasteiger charge is 2.42. The molecule has 2 nitrogen and oxygen atoms in total. The quantitative estimate of drug-likeness (QED) is 0.700. The zero-order chi connectivity index (χ0) is 10.1. The number of aliphatic carboxylic acids is 1. The van der Waals surface area contributed by atoms with Gasteiger partial charge in [-0.05, 0) is 37.0 Å². The van der Waals surface area contributed by atoms with Gasteiger partial charge in [-0.25, -0.2) is 0 Å². The van der Waals surface area contributed by atoms with Gasteiger partial charge in [0.15, 0.2) is 0 Å². The van der Waals surface area contributed by atoms with Crippen LogP contribution in [-0.4, -0.2) is 11.1 Å². The van der Waals surface area contributed by atoms with Gasteiger partial charge in [0, 0.05) is 0 Å². The summed E-state index contributed by atoms with van der Waals surface area (Å²) in [6, 6.07) is 0. The smallest absolute Gasteiger partial charge is 0.307 e. The highest BCUT2D eigenvalue weighted by atomic mass is 16.4. The van der Waals surface area contributed by atoms with Crippen LogP contribution >= 0.6 is 0 Å². The van der Waals surface area contributed by atoms with Crippen molar-refractivity contribution >= 4 is 5.97 Å². The van der Waals surface area contributed by atoms with E-state index in [2.05, 4.69) is 6.92 Å². The minimum absolute atomic E-state index is 0.0472. The van der Waals surface area contributed by atoms with Gasteiger partial charge >= 0.3 is 5.97 Å². The standard InChI is InChI=1S/C12H20O2/c1-8-6-7-9-4-2-3-5-10(9)11(8)12(13)14/h8-11H,2-7H2,1H3,(H,13,14). The predicted octanol–water partition coefficient (Wildman–Crippen LogP) is 2.92. The van der Waals surface area contributed by atoms with Crippen LogP contribution in [0.1, 0.15) is 45.4 Å². The van der Waals surface area contributed by atoms with E-state index in [1.165, 1.54) is 25.7 Å². The molecule has 0 aromatic carbocycles. The molecule has 0 aromatic heterocycles. The van der Waals surface area contributed by atoms with Crippen molar-refractivity contribution in [2.24, 2.45) is 23.7 Å². The molecule has 2 aliphatic rings. The van der Waals surface area contributed by atoms with Gasteiger partial charge in [0.2, 0.25) is 0 Å². The van der Waals surface area contributed by atoms with Gasteiger partial charge in [0.05, 0.1) is 5.92 Å². The summed E-state index contributed by atoms with van der Waals surface area (Å²) in [5.41, 5.74) is 0. The number of hydrogen-bond acceptors (Lipinski definition) is 1. The van der Waals surface area contributed by atoms with E-state index < -0.39 is 5.97 Å². The molecular formula is C12H20O2. The van der Waals surface area contributed by atoms with Crippen molar-refractivity contribution in [3.63, 3.8) is 0 Å². The van der Waals surface area contributed by atoms with Crippen molar-refractivity contribution in [3.8, 4) is 0 Å². The zero-order valence-corrected chi connectivity index (χ0v) is 8.91. The van der Waals surface area contributed by atoms with Crippen LogP contribution in [-0.2, 0) is 4.79 Å². The number of hydrogen-bond donors (Lipinski definition) is 1. The molecule has 4 atom stereocenters. The van der Waals surface area contributed by atoms with Crippen molar-refractivity contribution in [2.45, 2.75) is 45.4 Å². The van der Waals surface area contributed by atoms with E-state index in [-0.39, 0.29) is 5.92 Å². The van der Waals surface area contributed by atoms with Crippen LogP contribution in [0.5, 0.6) is 0 Å². The Kier molecular flexibility index (Phi) is 2.80. The molecule has 2 aliphatic carbocycles. The molecule has 2 heteroatoms. The minimum atomic E-state index is -0.547. The lowest BCUT2D eigenvalue weighted by Gasteiger charge is -2.42. The van der Waals surface area contributed by atoms with Crippen LogP contribution in [0.15, 0.2) is 0 Å². The van der Waals surface area contributed by atoms with E-state index >= 15 is 0 Å². The minimum Gasteiger partial charge on any atom is -0.481 e. The average Bonchev–Trinajstić information content (AvgIpc) is 2.17. The van der Waals surface area contributed by atoms with E-state index in [1.54, 1.807) is 0 Å². The van der Waals surface area contributed by atoms with Crippen molar-refractivity contribution in [1.82, 2.24) is 0 Å². The Morgan fingerprint density at radius 3 is 2.57 bits per heavy atom. The Labute approximate surface area is 85.7 Å². The number of carbonyl (C=O) groups is 1.